The fourth-order valence-corrected chi connectivity index (χ4v) is 1.76. The van der Waals surface area contributed by atoms with E-state index in [4.69, 9.17) is 4.74 Å². The van der Waals surface area contributed by atoms with Crippen LogP contribution in [0.1, 0.15) is 5.56 Å². The third-order valence-corrected chi connectivity index (χ3v) is 2.84. The monoisotopic (exact) mass is 305 g/mol. The highest BCUT2D eigenvalue weighted by Crippen LogP contribution is 2.25. The molecule has 0 fully saturated rings. The van der Waals surface area contributed by atoms with Gasteiger partial charge in [0.15, 0.2) is 6.04 Å². The van der Waals surface area contributed by atoms with Crippen LogP contribution in [0.5, 0.6) is 5.75 Å². The van der Waals surface area contributed by atoms with Gasteiger partial charge in [0.05, 0.1) is 7.11 Å². The third kappa shape index (κ3) is 4.45. The standard InChI is InChI=1S/C17H14F3NO/c1-22-15-9-5-8-14(12-15)21-16(17(18,19)20)11-10-13-6-3-2-4-7-13/h2-9,12,16,21H,1H3/t16-/m1/s1. The van der Waals surface area contributed by atoms with Crippen LogP contribution in [0.25, 0.3) is 0 Å². The number of nitrogens with one attached hydrogen (secondary N) is 1. The van der Waals surface area contributed by atoms with E-state index in [2.05, 4.69) is 17.2 Å². The van der Waals surface area contributed by atoms with Crippen molar-refractivity contribution < 1.29 is 17.9 Å². The smallest absolute Gasteiger partial charge is 0.420 e. The predicted molar refractivity (Wildman–Crippen MR) is 79.8 cm³/mol. The molecule has 1 atom stereocenters. The van der Waals surface area contributed by atoms with Crippen molar-refractivity contribution in [3.63, 3.8) is 0 Å². The van der Waals surface area contributed by atoms with Crippen molar-refractivity contribution in [2.75, 3.05) is 12.4 Å². The minimum absolute atomic E-state index is 0.295. The molecule has 2 aromatic carbocycles. The van der Waals surface area contributed by atoms with Crippen LogP contribution in [0.15, 0.2) is 54.6 Å². The van der Waals surface area contributed by atoms with E-state index in [0.29, 0.717) is 17.0 Å². The lowest BCUT2D eigenvalue weighted by atomic mass is 10.2. The van der Waals surface area contributed by atoms with Crippen molar-refractivity contribution >= 4 is 5.69 Å². The lowest BCUT2D eigenvalue weighted by Crippen LogP contribution is -2.34. The fraction of sp³-hybridized carbons (Fsp3) is 0.176. The fourth-order valence-electron chi connectivity index (χ4n) is 1.76. The summed E-state index contributed by atoms with van der Waals surface area (Å²) in [4.78, 5) is 0. The summed E-state index contributed by atoms with van der Waals surface area (Å²) in [6, 6.07) is 12.9. The first-order valence-electron chi connectivity index (χ1n) is 6.53. The zero-order chi connectivity index (χ0) is 16.0. The van der Waals surface area contributed by atoms with E-state index < -0.39 is 12.2 Å². The molecule has 0 unspecified atom stereocenters. The topological polar surface area (TPSA) is 21.3 Å². The number of halogens is 3. The van der Waals surface area contributed by atoms with Gasteiger partial charge in [0.25, 0.3) is 0 Å². The summed E-state index contributed by atoms with van der Waals surface area (Å²) in [6.07, 6.45) is -4.48. The van der Waals surface area contributed by atoms with Crippen molar-refractivity contribution in [2.24, 2.45) is 0 Å². The second-order valence-corrected chi connectivity index (χ2v) is 4.49. The molecule has 0 amide bonds. The third-order valence-electron chi connectivity index (χ3n) is 2.84. The number of hydrogen-bond donors (Lipinski definition) is 1. The Morgan fingerprint density at radius 3 is 2.41 bits per heavy atom. The SMILES string of the molecule is COc1cccc(N[C@H](C#Cc2ccccc2)C(F)(F)F)c1. The van der Waals surface area contributed by atoms with Crippen LogP contribution in [-0.2, 0) is 0 Å². The molecule has 0 heterocycles. The van der Waals surface area contributed by atoms with Crippen molar-refractivity contribution in [2.45, 2.75) is 12.2 Å². The Labute approximate surface area is 126 Å². The van der Waals surface area contributed by atoms with E-state index in [0.717, 1.165) is 0 Å². The molecule has 1 N–H and O–H groups in total. The van der Waals surface area contributed by atoms with E-state index in [-0.39, 0.29) is 0 Å². The van der Waals surface area contributed by atoms with E-state index in [1.807, 2.05) is 0 Å². The number of anilines is 1. The first-order valence-corrected chi connectivity index (χ1v) is 6.53. The van der Waals surface area contributed by atoms with Crippen LogP contribution in [0.4, 0.5) is 18.9 Å². The normalized spacial score (nSPS) is 12.0. The molecular weight excluding hydrogens is 291 g/mol. The van der Waals surface area contributed by atoms with E-state index in [1.165, 1.54) is 19.2 Å². The van der Waals surface area contributed by atoms with Gasteiger partial charge in [0.1, 0.15) is 5.75 Å². The second-order valence-electron chi connectivity index (χ2n) is 4.49. The zero-order valence-electron chi connectivity index (χ0n) is 11.8. The van der Waals surface area contributed by atoms with Crippen LogP contribution in [-0.4, -0.2) is 19.3 Å². The van der Waals surface area contributed by atoms with Gasteiger partial charge < -0.3 is 10.1 Å². The minimum Gasteiger partial charge on any atom is -0.497 e. The van der Waals surface area contributed by atoms with Gasteiger partial charge in [-0.25, -0.2) is 0 Å². The van der Waals surface area contributed by atoms with Gasteiger partial charge in [-0.15, -0.1) is 0 Å². The molecule has 2 aromatic rings. The van der Waals surface area contributed by atoms with Crippen LogP contribution >= 0.6 is 0 Å². The molecule has 0 spiro atoms. The maximum Gasteiger partial charge on any atom is 0.420 e. The number of hydrogen-bond acceptors (Lipinski definition) is 2. The molecule has 2 nitrogen and oxygen atoms in total. The van der Waals surface area contributed by atoms with Crippen LogP contribution in [0, 0.1) is 11.8 Å². The molecule has 114 valence electrons. The number of rotatable bonds is 3. The van der Waals surface area contributed by atoms with Crippen LogP contribution in [0.3, 0.4) is 0 Å². The molecule has 0 saturated carbocycles. The average Bonchev–Trinajstić information content (AvgIpc) is 2.51. The Bertz CT molecular complexity index is 672. The van der Waals surface area contributed by atoms with E-state index in [1.54, 1.807) is 42.5 Å². The maximum absolute atomic E-state index is 13.1. The Hall–Kier alpha value is -2.61. The molecule has 0 aliphatic heterocycles. The Morgan fingerprint density at radius 2 is 1.77 bits per heavy atom. The summed E-state index contributed by atoms with van der Waals surface area (Å²) in [7, 11) is 1.45. The van der Waals surface area contributed by atoms with Crippen molar-refractivity contribution in [3.05, 3.63) is 60.2 Å². The van der Waals surface area contributed by atoms with E-state index >= 15 is 0 Å². The van der Waals surface area contributed by atoms with Crippen molar-refractivity contribution in [3.8, 4) is 17.6 Å². The van der Waals surface area contributed by atoms with Gasteiger partial charge >= 0.3 is 6.18 Å². The largest absolute Gasteiger partial charge is 0.497 e. The maximum atomic E-state index is 13.1. The van der Waals surface area contributed by atoms with Gasteiger partial charge in [-0.2, -0.15) is 13.2 Å². The van der Waals surface area contributed by atoms with Crippen LogP contribution < -0.4 is 10.1 Å². The molecule has 0 bridgehead atoms. The number of ether oxygens (including phenoxy) is 1. The molecule has 0 radical (unpaired) electrons. The molecule has 2 rings (SSSR count). The molecule has 0 saturated heterocycles. The highest BCUT2D eigenvalue weighted by atomic mass is 19.4. The highest BCUT2D eigenvalue weighted by Gasteiger charge is 2.38. The van der Waals surface area contributed by atoms with Crippen molar-refractivity contribution in [1.82, 2.24) is 0 Å². The van der Waals surface area contributed by atoms with Gasteiger partial charge in [0, 0.05) is 17.3 Å². The Morgan fingerprint density at radius 1 is 1.05 bits per heavy atom. The average molecular weight is 305 g/mol. The summed E-state index contributed by atoms with van der Waals surface area (Å²) in [6.45, 7) is 0. The summed E-state index contributed by atoms with van der Waals surface area (Å²) >= 11 is 0. The molecule has 0 aliphatic carbocycles. The van der Waals surface area contributed by atoms with Gasteiger partial charge in [-0.05, 0) is 24.3 Å². The lowest BCUT2D eigenvalue weighted by Gasteiger charge is -2.18. The lowest BCUT2D eigenvalue weighted by molar-refractivity contribution is -0.130. The Kier molecular flexibility index (Phi) is 4.95. The number of methoxy groups -OCH3 is 1. The zero-order valence-corrected chi connectivity index (χ0v) is 11.8. The predicted octanol–water partition coefficient (Wildman–Crippen LogP) is 4.09. The highest BCUT2D eigenvalue weighted by molar-refractivity contribution is 5.51. The van der Waals surface area contributed by atoms with Crippen LogP contribution in [0.2, 0.25) is 0 Å². The quantitative estimate of drug-likeness (QED) is 0.862. The number of alkyl halides is 3. The summed E-state index contributed by atoms with van der Waals surface area (Å²) in [5.74, 6) is 5.25. The van der Waals surface area contributed by atoms with Gasteiger partial charge in [0.2, 0.25) is 0 Å². The molecule has 5 heteroatoms. The van der Waals surface area contributed by atoms with Crippen molar-refractivity contribution in [1.29, 1.82) is 0 Å². The molecule has 22 heavy (non-hydrogen) atoms. The van der Waals surface area contributed by atoms with Gasteiger partial charge in [-0.1, -0.05) is 36.1 Å². The van der Waals surface area contributed by atoms with Gasteiger partial charge in [-0.3, -0.25) is 0 Å². The summed E-state index contributed by atoms with van der Waals surface area (Å²) < 4.78 is 44.3. The first-order chi connectivity index (χ1) is 10.5. The second kappa shape index (κ2) is 6.90. The first kappa shape index (κ1) is 15.8. The Balaban J connectivity index is 2.22. The van der Waals surface area contributed by atoms with E-state index in [9.17, 15) is 13.2 Å². The molecule has 0 aromatic heterocycles. The summed E-state index contributed by atoms with van der Waals surface area (Å²) in [5, 5.41) is 2.39. The number of benzene rings is 2. The minimum atomic E-state index is -4.48. The molecule has 0 aliphatic rings. The molecular formula is C17H14F3NO. The summed E-state index contributed by atoms with van der Waals surface area (Å²) in [5.41, 5.74) is 0.827.